The second-order valence-corrected chi connectivity index (χ2v) is 8.41. The molecule has 0 radical (unpaired) electrons. The van der Waals surface area contributed by atoms with Crippen LogP contribution in [-0.2, 0) is 16.6 Å². The molecule has 0 saturated carbocycles. The first-order chi connectivity index (χ1) is 18.8. The Morgan fingerprint density at radius 2 is 1.82 bits per heavy atom. The number of carbonyl (C=O) groups is 2. The molecule has 0 fully saturated rings. The van der Waals surface area contributed by atoms with Gasteiger partial charge in [0.15, 0.2) is 23.4 Å². The van der Waals surface area contributed by atoms with Crippen molar-refractivity contribution in [2.45, 2.75) is 26.4 Å². The number of aryl methyl sites for hydroxylation is 1. The molecule has 0 aliphatic carbocycles. The predicted octanol–water partition coefficient (Wildman–Crippen LogP) is 4.18. The molecule has 11 heteroatoms. The van der Waals surface area contributed by atoms with Gasteiger partial charge >= 0.3 is 5.97 Å². The summed E-state index contributed by atoms with van der Waals surface area (Å²) >= 11 is 0. The fourth-order valence-corrected chi connectivity index (χ4v) is 4.01. The zero-order valence-electron chi connectivity index (χ0n) is 22.3. The molecule has 1 N–H and O–H groups in total. The van der Waals surface area contributed by atoms with Gasteiger partial charge in [-0.3, -0.25) is 14.3 Å². The second kappa shape index (κ2) is 11.7. The van der Waals surface area contributed by atoms with Crippen LogP contribution in [0.1, 0.15) is 30.6 Å². The van der Waals surface area contributed by atoms with E-state index in [-0.39, 0.29) is 35.9 Å². The van der Waals surface area contributed by atoms with Crippen molar-refractivity contribution in [3.63, 3.8) is 0 Å². The summed E-state index contributed by atoms with van der Waals surface area (Å²) in [5, 5.41) is 7.03. The summed E-state index contributed by atoms with van der Waals surface area (Å²) < 4.78 is 29.4. The summed E-state index contributed by atoms with van der Waals surface area (Å²) in [6.45, 7) is 3.58. The molecule has 0 bridgehead atoms. The zero-order chi connectivity index (χ0) is 28.1. The SMILES string of the molecule is CCOC(=O)c1cnn(C)c1NC(=O)C(CC)Oc1c(-c2ccc(OC)c(OC)c2)oc2ccccc2c1=O. The minimum absolute atomic E-state index is 0.0961. The van der Waals surface area contributed by atoms with Crippen molar-refractivity contribution in [3.8, 4) is 28.6 Å². The van der Waals surface area contributed by atoms with Crippen molar-refractivity contribution < 1.29 is 33.0 Å². The number of para-hydroxylation sites is 1. The molecule has 0 aliphatic rings. The van der Waals surface area contributed by atoms with E-state index >= 15 is 0 Å². The van der Waals surface area contributed by atoms with E-state index in [1.807, 2.05) is 0 Å². The molecule has 4 rings (SSSR count). The number of hydrogen-bond acceptors (Lipinski definition) is 9. The number of nitrogens with one attached hydrogen (secondary N) is 1. The summed E-state index contributed by atoms with van der Waals surface area (Å²) in [7, 11) is 4.59. The summed E-state index contributed by atoms with van der Waals surface area (Å²) in [5.74, 6) is -0.169. The van der Waals surface area contributed by atoms with Gasteiger partial charge in [-0.15, -0.1) is 0 Å². The number of nitrogens with zero attached hydrogens (tertiary/aromatic N) is 2. The monoisotopic (exact) mass is 535 g/mol. The van der Waals surface area contributed by atoms with Crippen molar-refractivity contribution >= 4 is 28.7 Å². The van der Waals surface area contributed by atoms with Gasteiger partial charge in [-0.05, 0) is 43.7 Å². The molecule has 1 amide bonds. The summed E-state index contributed by atoms with van der Waals surface area (Å²) in [5.41, 5.74) is 0.488. The van der Waals surface area contributed by atoms with Crippen LogP contribution >= 0.6 is 0 Å². The van der Waals surface area contributed by atoms with Gasteiger partial charge in [-0.1, -0.05) is 19.1 Å². The first-order valence-electron chi connectivity index (χ1n) is 12.3. The highest BCUT2D eigenvalue weighted by atomic mass is 16.5. The lowest BCUT2D eigenvalue weighted by Crippen LogP contribution is -2.35. The van der Waals surface area contributed by atoms with E-state index in [0.717, 1.165) is 0 Å². The molecule has 2 heterocycles. The van der Waals surface area contributed by atoms with E-state index in [9.17, 15) is 14.4 Å². The van der Waals surface area contributed by atoms with Crippen LogP contribution in [0.2, 0.25) is 0 Å². The van der Waals surface area contributed by atoms with Gasteiger partial charge in [0.2, 0.25) is 11.2 Å². The molecule has 2 aromatic heterocycles. The Balaban J connectivity index is 1.76. The first-order valence-corrected chi connectivity index (χ1v) is 12.3. The Hall–Kier alpha value is -4.80. The van der Waals surface area contributed by atoms with Gasteiger partial charge < -0.3 is 28.7 Å². The van der Waals surface area contributed by atoms with Gasteiger partial charge in [-0.2, -0.15) is 5.10 Å². The maximum absolute atomic E-state index is 13.6. The van der Waals surface area contributed by atoms with Crippen molar-refractivity contribution in [1.82, 2.24) is 9.78 Å². The van der Waals surface area contributed by atoms with E-state index in [4.69, 9.17) is 23.4 Å². The number of ether oxygens (including phenoxy) is 4. The highest BCUT2D eigenvalue weighted by molar-refractivity contribution is 6.01. The number of carbonyl (C=O) groups excluding carboxylic acids is 2. The second-order valence-electron chi connectivity index (χ2n) is 8.41. The number of anilines is 1. The average Bonchev–Trinajstić information content (AvgIpc) is 3.31. The lowest BCUT2D eigenvalue weighted by Gasteiger charge is -2.19. The molecular weight excluding hydrogens is 506 g/mol. The molecular formula is C28H29N3O8. The Morgan fingerprint density at radius 3 is 2.51 bits per heavy atom. The summed E-state index contributed by atoms with van der Waals surface area (Å²) in [4.78, 5) is 39.3. The van der Waals surface area contributed by atoms with E-state index in [0.29, 0.717) is 28.0 Å². The third-order valence-corrected chi connectivity index (χ3v) is 6.00. The third-order valence-electron chi connectivity index (χ3n) is 6.00. The van der Waals surface area contributed by atoms with Gasteiger partial charge in [0, 0.05) is 12.6 Å². The number of esters is 1. The minimum Gasteiger partial charge on any atom is -0.493 e. The Kier molecular flexibility index (Phi) is 8.18. The highest BCUT2D eigenvalue weighted by Crippen LogP contribution is 2.37. The van der Waals surface area contributed by atoms with Crippen LogP contribution in [0.3, 0.4) is 0 Å². The van der Waals surface area contributed by atoms with Crippen molar-refractivity contribution in [3.05, 3.63) is 64.4 Å². The van der Waals surface area contributed by atoms with Crippen molar-refractivity contribution in [2.75, 3.05) is 26.1 Å². The lowest BCUT2D eigenvalue weighted by atomic mass is 10.1. The van der Waals surface area contributed by atoms with Crippen LogP contribution in [0.4, 0.5) is 5.82 Å². The average molecular weight is 536 g/mol. The highest BCUT2D eigenvalue weighted by Gasteiger charge is 2.28. The number of methoxy groups -OCH3 is 2. The molecule has 1 unspecified atom stereocenters. The van der Waals surface area contributed by atoms with Crippen molar-refractivity contribution in [1.29, 1.82) is 0 Å². The fraction of sp³-hybridized carbons (Fsp3) is 0.286. The number of rotatable bonds is 10. The van der Waals surface area contributed by atoms with Gasteiger partial charge in [-0.25, -0.2) is 4.79 Å². The molecule has 1 atom stereocenters. The van der Waals surface area contributed by atoms with Crippen LogP contribution in [-0.4, -0.2) is 48.6 Å². The molecule has 4 aromatic rings. The van der Waals surface area contributed by atoms with Crippen molar-refractivity contribution in [2.24, 2.45) is 7.05 Å². The molecule has 39 heavy (non-hydrogen) atoms. The Labute approximate surface area is 224 Å². The molecule has 204 valence electrons. The third kappa shape index (κ3) is 5.42. The molecule has 0 saturated heterocycles. The van der Waals surface area contributed by atoms with Gasteiger partial charge in [0.25, 0.3) is 5.91 Å². The topological polar surface area (TPSA) is 131 Å². The fourth-order valence-electron chi connectivity index (χ4n) is 4.01. The first kappa shape index (κ1) is 27.2. The van der Waals surface area contributed by atoms with E-state index in [1.165, 1.54) is 25.1 Å². The van der Waals surface area contributed by atoms with Gasteiger partial charge in [0.1, 0.15) is 17.0 Å². The Bertz CT molecular complexity index is 1570. The maximum atomic E-state index is 13.6. The number of aromatic nitrogens is 2. The molecule has 11 nitrogen and oxygen atoms in total. The lowest BCUT2D eigenvalue weighted by molar-refractivity contribution is -0.122. The van der Waals surface area contributed by atoms with Crippen LogP contribution < -0.4 is 25.0 Å². The number of fused-ring (bicyclic) bond motifs is 1. The van der Waals surface area contributed by atoms with Crippen LogP contribution in [0.25, 0.3) is 22.3 Å². The van der Waals surface area contributed by atoms with E-state index < -0.39 is 23.4 Å². The van der Waals surface area contributed by atoms with E-state index in [2.05, 4.69) is 10.4 Å². The maximum Gasteiger partial charge on any atom is 0.343 e. The van der Waals surface area contributed by atoms with E-state index in [1.54, 1.807) is 63.4 Å². The summed E-state index contributed by atoms with van der Waals surface area (Å²) in [6, 6.07) is 11.8. The standard InChI is InChI=1S/C28H29N3O8/c1-6-19(27(33)30-26-18(15-29-31(26)3)28(34)37-7-2)38-25-23(32)17-10-8-9-11-20(17)39-24(25)16-12-13-21(35-4)22(14-16)36-5/h8-15,19H,6-7H2,1-5H3,(H,30,33). The zero-order valence-corrected chi connectivity index (χ0v) is 22.3. The van der Waals surface area contributed by atoms with Crippen LogP contribution in [0.15, 0.2) is 57.9 Å². The number of hydrogen-bond donors (Lipinski definition) is 1. The number of benzene rings is 2. The molecule has 0 spiro atoms. The normalized spacial score (nSPS) is 11.6. The smallest absolute Gasteiger partial charge is 0.343 e. The Morgan fingerprint density at radius 1 is 1.08 bits per heavy atom. The summed E-state index contributed by atoms with van der Waals surface area (Å²) in [6.07, 6.45) is 0.399. The molecule has 2 aromatic carbocycles. The van der Waals surface area contributed by atoms with Gasteiger partial charge in [0.05, 0.1) is 32.4 Å². The quantitative estimate of drug-likeness (QED) is 0.297. The van der Waals surface area contributed by atoms with Crippen LogP contribution in [0.5, 0.6) is 17.2 Å². The number of amides is 1. The van der Waals surface area contributed by atoms with Crippen LogP contribution in [0, 0.1) is 0 Å². The minimum atomic E-state index is -1.11. The largest absolute Gasteiger partial charge is 0.493 e. The molecule has 0 aliphatic heterocycles. The predicted molar refractivity (Wildman–Crippen MR) is 144 cm³/mol.